The summed E-state index contributed by atoms with van der Waals surface area (Å²) in [7, 11) is 0. The van der Waals surface area contributed by atoms with Crippen LogP contribution in [0.1, 0.15) is 35.9 Å². The first-order valence-corrected chi connectivity index (χ1v) is 9.08. The summed E-state index contributed by atoms with van der Waals surface area (Å²) in [6, 6.07) is 5.02. The molecule has 1 aliphatic heterocycles. The Kier molecular flexibility index (Phi) is 5.47. The first-order chi connectivity index (χ1) is 11.6. The molecule has 0 saturated carbocycles. The van der Waals surface area contributed by atoms with Gasteiger partial charge in [-0.25, -0.2) is 4.98 Å². The highest BCUT2D eigenvalue weighted by atomic mass is 35.5. The monoisotopic (exact) mass is 365 g/mol. The Balaban J connectivity index is 1.60. The van der Waals surface area contributed by atoms with E-state index in [9.17, 15) is 4.79 Å². The van der Waals surface area contributed by atoms with Crippen molar-refractivity contribution >= 4 is 29.1 Å². The van der Waals surface area contributed by atoms with Gasteiger partial charge in [-0.1, -0.05) is 30.1 Å². The first-order valence-electron chi connectivity index (χ1n) is 8.32. The number of halogens is 2. The fraction of sp³-hybridized carbons (Fsp3) is 0.444. The minimum absolute atomic E-state index is 0.0298. The second-order valence-electron chi connectivity index (χ2n) is 6.21. The van der Waals surface area contributed by atoms with Crippen LogP contribution in [0.3, 0.4) is 0 Å². The van der Waals surface area contributed by atoms with Crippen LogP contribution in [-0.2, 0) is 13.0 Å². The van der Waals surface area contributed by atoms with E-state index >= 15 is 0 Å². The van der Waals surface area contributed by atoms with Crippen molar-refractivity contribution < 1.29 is 4.79 Å². The predicted octanol–water partition coefficient (Wildman–Crippen LogP) is 4.30. The van der Waals surface area contributed by atoms with Gasteiger partial charge in [-0.2, -0.15) is 0 Å². The molecule has 1 aliphatic rings. The lowest BCUT2D eigenvalue weighted by Gasteiger charge is -2.32. The van der Waals surface area contributed by atoms with Crippen molar-refractivity contribution in [3.05, 3.63) is 52.0 Å². The molecule has 1 aromatic carbocycles. The largest absolute Gasteiger partial charge is 0.339 e. The fourth-order valence-electron chi connectivity index (χ4n) is 3.25. The van der Waals surface area contributed by atoms with E-state index < -0.39 is 0 Å². The summed E-state index contributed by atoms with van der Waals surface area (Å²) in [6.07, 6.45) is 6.83. The maximum atomic E-state index is 12.7. The summed E-state index contributed by atoms with van der Waals surface area (Å²) in [5.41, 5.74) is 0.491. The SMILES string of the molecule is CCc1nccn1CC1CCN(C(=O)c2cc(Cl)ccc2Cl)CC1. The molecule has 4 nitrogen and oxygen atoms in total. The van der Waals surface area contributed by atoms with E-state index in [4.69, 9.17) is 23.2 Å². The van der Waals surface area contributed by atoms with Gasteiger partial charge in [-0.15, -0.1) is 0 Å². The number of nitrogens with zero attached hydrogens (tertiary/aromatic N) is 3. The lowest BCUT2D eigenvalue weighted by atomic mass is 9.96. The fourth-order valence-corrected chi connectivity index (χ4v) is 3.62. The van der Waals surface area contributed by atoms with Gasteiger partial charge >= 0.3 is 0 Å². The van der Waals surface area contributed by atoms with Gasteiger partial charge in [0.15, 0.2) is 0 Å². The van der Waals surface area contributed by atoms with Crippen molar-refractivity contribution in [3.63, 3.8) is 0 Å². The third kappa shape index (κ3) is 3.76. The molecule has 0 aliphatic carbocycles. The van der Waals surface area contributed by atoms with Crippen LogP contribution < -0.4 is 0 Å². The number of aryl methyl sites for hydroxylation is 1. The summed E-state index contributed by atoms with van der Waals surface area (Å²) in [4.78, 5) is 18.9. The molecular weight excluding hydrogens is 345 g/mol. The van der Waals surface area contributed by atoms with E-state index in [1.54, 1.807) is 18.2 Å². The third-order valence-electron chi connectivity index (χ3n) is 4.63. The molecule has 0 atom stereocenters. The molecule has 0 spiro atoms. The number of imidazole rings is 1. The smallest absolute Gasteiger partial charge is 0.255 e. The molecule has 24 heavy (non-hydrogen) atoms. The Morgan fingerprint density at radius 3 is 2.75 bits per heavy atom. The molecule has 1 amide bonds. The Labute approximate surface area is 152 Å². The Hall–Kier alpha value is -1.52. The molecule has 2 aromatic rings. The van der Waals surface area contributed by atoms with Crippen LogP contribution in [0, 0.1) is 5.92 Å². The molecule has 0 N–H and O–H groups in total. The standard InChI is InChI=1S/C18H21Cl2N3O/c1-2-17-21-7-10-23(17)12-13-5-8-22(9-6-13)18(24)15-11-14(19)3-4-16(15)20/h3-4,7,10-11,13H,2,5-6,8-9,12H2,1H3. The lowest BCUT2D eigenvalue weighted by Crippen LogP contribution is -2.39. The van der Waals surface area contributed by atoms with Gasteiger partial charge in [0, 0.05) is 43.5 Å². The quantitative estimate of drug-likeness (QED) is 0.809. The van der Waals surface area contributed by atoms with Crippen LogP contribution in [-0.4, -0.2) is 33.4 Å². The molecule has 6 heteroatoms. The van der Waals surface area contributed by atoms with Gasteiger partial charge < -0.3 is 9.47 Å². The zero-order valence-corrected chi connectivity index (χ0v) is 15.2. The summed E-state index contributed by atoms with van der Waals surface area (Å²) in [5, 5.41) is 0.988. The molecule has 128 valence electrons. The van der Waals surface area contributed by atoms with Gasteiger partial charge in [0.1, 0.15) is 5.82 Å². The van der Waals surface area contributed by atoms with Crippen LogP contribution in [0.15, 0.2) is 30.6 Å². The van der Waals surface area contributed by atoms with E-state index in [2.05, 4.69) is 16.5 Å². The predicted molar refractivity (Wildman–Crippen MR) is 96.7 cm³/mol. The lowest BCUT2D eigenvalue weighted by molar-refractivity contribution is 0.0682. The number of benzene rings is 1. The molecule has 0 unspecified atom stereocenters. The number of likely N-dealkylation sites (tertiary alicyclic amines) is 1. The number of carbonyl (C=O) groups is 1. The summed E-state index contributed by atoms with van der Waals surface area (Å²) < 4.78 is 2.23. The number of aromatic nitrogens is 2. The van der Waals surface area contributed by atoms with Crippen molar-refractivity contribution in [1.29, 1.82) is 0 Å². The number of piperidine rings is 1. The van der Waals surface area contributed by atoms with Crippen LogP contribution in [0.2, 0.25) is 10.0 Å². The highest BCUT2D eigenvalue weighted by Gasteiger charge is 2.25. The average Bonchev–Trinajstić information content (AvgIpc) is 3.04. The van der Waals surface area contributed by atoms with E-state index in [1.807, 2.05) is 17.3 Å². The van der Waals surface area contributed by atoms with Crippen LogP contribution in [0.4, 0.5) is 0 Å². The number of amides is 1. The normalized spacial score (nSPS) is 15.7. The van der Waals surface area contributed by atoms with Gasteiger partial charge in [0.05, 0.1) is 10.6 Å². The third-order valence-corrected chi connectivity index (χ3v) is 5.20. The van der Waals surface area contributed by atoms with Gasteiger partial charge in [0.2, 0.25) is 0 Å². The minimum atomic E-state index is -0.0298. The molecule has 1 aromatic heterocycles. The summed E-state index contributed by atoms with van der Waals surface area (Å²) in [6.45, 7) is 4.60. The molecular formula is C18H21Cl2N3O. The van der Waals surface area contributed by atoms with Gasteiger partial charge in [-0.3, -0.25) is 4.79 Å². The van der Waals surface area contributed by atoms with Crippen molar-refractivity contribution in [2.24, 2.45) is 5.92 Å². The number of carbonyl (C=O) groups excluding carboxylic acids is 1. The highest BCUT2D eigenvalue weighted by Crippen LogP contribution is 2.25. The molecule has 0 radical (unpaired) electrons. The minimum Gasteiger partial charge on any atom is -0.339 e. The molecule has 3 rings (SSSR count). The van der Waals surface area contributed by atoms with E-state index in [-0.39, 0.29) is 5.91 Å². The zero-order valence-electron chi connectivity index (χ0n) is 13.7. The molecule has 2 heterocycles. The molecule has 1 fully saturated rings. The second kappa shape index (κ2) is 7.58. The van der Waals surface area contributed by atoms with E-state index in [1.165, 1.54) is 0 Å². The van der Waals surface area contributed by atoms with Crippen molar-refractivity contribution in [2.45, 2.75) is 32.7 Å². The van der Waals surface area contributed by atoms with E-state index in [0.717, 1.165) is 44.7 Å². The van der Waals surface area contributed by atoms with Crippen molar-refractivity contribution in [1.82, 2.24) is 14.5 Å². The Bertz CT molecular complexity index is 721. The average molecular weight is 366 g/mol. The zero-order chi connectivity index (χ0) is 17.1. The van der Waals surface area contributed by atoms with Crippen molar-refractivity contribution in [2.75, 3.05) is 13.1 Å². The second-order valence-corrected chi connectivity index (χ2v) is 7.05. The molecule has 1 saturated heterocycles. The summed E-state index contributed by atoms with van der Waals surface area (Å²) in [5.74, 6) is 1.67. The van der Waals surface area contributed by atoms with Crippen LogP contribution in [0.5, 0.6) is 0 Å². The van der Waals surface area contributed by atoms with Crippen molar-refractivity contribution in [3.8, 4) is 0 Å². The summed E-state index contributed by atoms with van der Waals surface area (Å²) >= 11 is 12.1. The molecule has 0 bridgehead atoms. The number of rotatable bonds is 4. The highest BCUT2D eigenvalue weighted by molar-refractivity contribution is 6.35. The number of hydrogen-bond donors (Lipinski definition) is 0. The van der Waals surface area contributed by atoms with Crippen LogP contribution in [0.25, 0.3) is 0 Å². The van der Waals surface area contributed by atoms with Gasteiger partial charge in [0.25, 0.3) is 5.91 Å². The van der Waals surface area contributed by atoms with Crippen LogP contribution >= 0.6 is 23.2 Å². The number of hydrogen-bond acceptors (Lipinski definition) is 2. The maximum Gasteiger partial charge on any atom is 0.255 e. The Morgan fingerprint density at radius 2 is 2.04 bits per heavy atom. The first kappa shape index (κ1) is 17.3. The Morgan fingerprint density at radius 1 is 1.29 bits per heavy atom. The maximum absolute atomic E-state index is 12.7. The topological polar surface area (TPSA) is 38.1 Å². The van der Waals surface area contributed by atoms with Gasteiger partial charge in [-0.05, 0) is 37.0 Å². The van der Waals surface area contributed by atoms with E-state index in [0.29, 0.717) is 21.5 Å².